The Morgan fingerprint density at radius 1 is 1.07 bits per heavy atom. The van der Waals surface area contributed by atoms with Gasteiger partial charge in [0.05, 0.1) is 35.3 Å². The second-order valence-corrected chi connectivity index (χ2v) is 6.91. The van der Waals surface area contributed by atoms with Crippen molar-refractivity contribution in [2.45, 2.75) is 20.8 Å². The molecule has 1 amide bonds. The van der Waals surface area contributed by atoms with Gasteiger partial charge in [0, 0.05) is 5.69 Å². The van der Waals surface area contributed by atoms with Crippen LogP contribution in [0.15, 0.2) is 60.8 Å². The number of hydrogen-bond acceptors (Lipinski definition) is 4. The largest absolute Gasteiger partial charge is 0.462 e. The van der Waals surface area contributed by atoms with Gasteiger partial charge in [-0.05, 0) is 49.2 Å². The van der Waals surface area contributed by atoms with Crippen LogP contribution < -0.4 is 5.32 Å². The molecule has 0 saturated heterocycles. The number of nitrogens with zero attached hydrogens (tertiary/aromatic N) is 2. The second-order valence-electron chi connectivity index (χ2n) is 6.91. The molecule has 6 nitrogen and oxygen atoms in total. The molecule has 0 fully saturated rings. The molecule has 0 spiro atoms. The Labute approximate surface area is 164 Å². The van der Waals surface area contributed by atoms with Gasteiger partial charge in [0.25, 0.3) is 5.91 Å². The maximum Gasteiger partial charge on any atom is 0.338 e. The smallest absolute Gasteiger partial charge is 0.338 e. The second kappa shape index (κ2) is 8.52. The molecule has 0 saturated carbocycles. The van der Waals surface area contributed by atoms with Crippen LogP contribution >= 0.6 is 0 Å². The lowest BCUT2D eigenvalue weighted by Gasteiger charge is -2.09. The van der Waals surface area contributed by atoms with Crippen LogP contribution in [0.1, 0.15) is 40.3 Å². The molecule has 0 aliphatic rings. The predicted molar refractivity (Wildman–Crippen MR) is 108 cm³/mol. The van der Waals surface area contributed by atoms with E-state index in [1.807, 2.05) is 51.1 Å². The first-order valence-corrected chi connectivity index (χ1v) is 9.14. The Kier molecular flexibility index (Phi) is 5.89. The maximum absolute atomic E-state index is 12.6. The summed E-state index contributed by atoms with van der Waals surface area (Å²) in [6.07, 6.45) is 1.55. The number of nitrogens with one attached hydrogen (secondary N) is 1. The summed E-state index contributed by atoms with van der Waals surface area (Å²) in [5, 5.41) is 7.15. The summed E-state index contributed by atoms with van der Waals surface area (Å²) in [7, 11) is 0. The molecule has 0 aliphatic carbocycles. The van der Waals surface area contributed by atoms with E-state index in [9.17, 15) is 9.59 Å². The van der Waals surface area contributed by atoms with Crippen molar-refractivity contribution >= 4 is 17.6 Å². The van der Waals surface area contributed by atoms with Crippen LogP contribution in [0.4, 0.5) is 5.69 Å². The lowest BCUT2D eigenvalue weighted by Crippen LogP contribution is -2.14. The molecule has 1 aromatic heterocycles. The monoisotopic (exact) mass is 377 g/mol. The molecule has 3 rings (SSSR count). The molecule has 0 bridgehead atoms. The number of para-hydroxylation sites is 1. The third-order valence-electron chi connectivity index (χ3n) is 4.18. The van der Waals surface area contributed by atoms with Crippen molar-refractivity contribution in [2.24, 2.45) is 5.92 Å². The van der Waals surface area contributed by atoms with Gasteiger partial charge in [-0.15, -0.1) is 0 Å². The van der Waals surface area contributed by atoms with Crippen molar-refractivity contribution in [3.63, 3.8) is 0 Å². The van der Waals surface area contributed by atoms with Crippen LogP contribution in [0.5, 0.6) is 0 Å². The van der Waals surface area contributed by atoms with Crippen LogP contribution in [0.2, 0.25) is 0 Å². The molecule has 28 heavy (non-hydrogen) atoms. The first kappa shape index (κ1) is 19.4. The first-order chi connectivity index (χ1) is 13.5. The topological polar surface area (TPSA) is 73.2 Å². The molecule has 1 heterocycles. The summed E-state index contributed by atoms with van der Waals surface area (Å²) < 4.78 is 6.93. The number of hydrogen-bond donors (Lipinski definition) is 1. The van der Waals surface area contributed by atoms with Gasteiger partial charge in [-0.2, -0.15) is 5.10 Å². The number of esters is 1. The fourth-order valence-electron chi connectivity index (χ4n) is 2.68. The SMILES string of the molecule is Cc1c(C(=O)Nc2ccc(C(=O)OCC(C)C)cc2)cnn1-c1ccccc1. The summed E-state index contributed by atoms with van der Waals surface area (Å²) in [5.41, 5.74) is 3.18. The summed E-state index contributed by atoms with van der Waals surface area (Å²) in [6, 6.07) is 16.3. The van der Waals surface area contributed by atoms with Gasteiger partial charge in [-0.1, -0.05) is 32.0 Å². The predicted octanol–water partition coefficient (Wildman–Crippen LogP) is 4.25. The molecule has 0 aliphatic heterocycles. The van der Waals surface area contributed by atoms with Gasteiger partial charge in [0.15, 0.2) is 0 Å². The Balaban J connectivity index is 1.68. The molecular formula is C22H23N3O3. The fraction of sp³-hybridized carbons (Fsp3) is 0.227. The van der Waals surface area contributed by atoms with E-state index in [2.05, 4.69) is 10.4 Å². The Morgan fingerprint density at radius 2 is 1.75 bits per heavy atom. The summed E-state index contributed by atoms with van der Waals surface area (Å²) in [6.45, 7) is 6.19. The minimum atomic E-state index is -0.369. The Hall–Kier alpha value is -3.41. The third kappa shape index (κ3) is 4.46. The normalized spacial score (nSPS) is 10.7. The van der Waals surface area contributed by atoms with Crippen molar-refractivity contribution in [3.8, 4) is 5.69 Å². The Bertz CT molecular complexity index is 960. The van der Waals surface area contributed by atoms with Gasteiger partial charge in [0.1, 0.15) is 0 Å². The van der Waals surface area contributed by atoms with Crippen LogP contribution in [-0.4, -0.2) is 28.3 Å². The lowest BCUT2D eigenvalue weighted by molar-refractivity contribution is 0.0459. The quantitative estimate of drug-likeness (QED) is 0.652. The highest BCUT2D eigenvalue weighted by Crippen LogP contribution is 2.17. The van der Waals surface area contributed by atoms with Crippen LogP contribution in [0, 0.1) is 12.8 Å². The number of amides is 1. The Morgan fingerprint density at radius 3 is 2.39 bits per heavy atom. The van der Waals surface area contributed by atoms with Crippen molar-refractivity contribution in [2.75, 3.05) is 11.9 Å². The lowest BCUT2D eigenvalue weighted by atomic mass is 10.2. The van der Waals surface area contributed by atoms with Gasteiger partial charge in [-0.25, -0.2) is 9.48 Å². The highest BCUT2D eigenvalue weighted by molar-refractivity contribution is 6.05. The van der Waals surface area contributed by atoms with Crippen LogP contribution in [-0.2, 0) is 4.74 Å². The molecule has 0 atom stereocenters. The van der Waals surface area contributed by atoms with Crippen molar-refractivity contribution < 1.29 is 14.3 Å². The zero-order valence-corrected chi connectivity index (χ0v) is 16.2. The van der Waals surface area contributed by atoms with E-state index >= 15 is 0 Å². The summed E-state index contributed by atoms with van der Waals surface area (Å²) in [5.74, 6) is -0.344. The highest BCUT2D eigenvalue weighted by atomic mass is 16.5. The van der Waals surface area contributed by atoms with Crippen molar-refractivity contribution in [3.05, 3.63) is 77.6 Å². The van der Waals surface area contributed by atoms with E-state index in [4.69, 9.17) is 4.74 Å². The van der Waals surface area contributed by atoms with Gasteiger partial charge >= 0.3 is 5.97 Å². The zero-order chi connectivity index (χ0) is 20.1. The average Bonchev–Trinajstić information content (AvgIpc) is 3.09. The van der Waals surface area contributed by atoms with Gasteiger partial charge in [-0.3, -0.25) is 4.79 Å². The average molecular weight is 377 g/mol. The van der Waals surface area contributed by atoms with Crippen LogP contribution in [0.3, 0.4) is 0 Å². The standard InChI is InChI=1S/C22H23N3O3/c1-15(2)14-28-22(27)17-9-11-18(12-10-17)24-21(26)20-13-23-25(16(20)3)19-7-5-4-6-8-19/h4-13,15H,14H2,1-3H3,(H,24,26). The first-order valence-electron chi connectivity index (χ1n) is 9.14. The number of anilines is 1. The van der Waals surface area contributed by atoms with E-state index in [-0.39, 0.29) is 17.8 Å². The van der Waals surface area contributed by atoms with Crippen molar-refractivity contribution in [1.82, 2.24) is 9.78 Å². The molecule has 2 aromatic carbocycles. The molecule has 0 radical (unpaired) electrons. The highest BCUT2D eigenvalue weighted by Gasteiger charge is 2.16. The number of aromatic nitrogens is 2. The number of ether oxygens (including phenoxy) is 1. The van der Waals surface area contributed by atoms with E-state index in [1.54, 1.807) is 35.1 Å². The van der Waals surface area contributed by atoms with Gasteiger partial charge < -0.3 is 10.1 Å². The van der Waals surface area contributed by atoms with E-state index in [0.29, 0.717) is 23.4 Å². The van der Waals surface area contributed by atoms with Crippen molar-refractivity contribution in [1.29, 1.82) is 0 Å². The number of benzene rings is 2. The van der Waals surface area contributed by atoms with E-state index in [0.717, 1.165) is 11.4 Å². The zero-order valence-electron chi connectivity index (χ0n) is 16.2. The fourth-order valence-corrected chi connectivity index (χ4v) is 2.68. The minimum absolute atomic E-state index is 0.255. The van der Waals surface area contributed by atoms with E-state index in [1.165, 1.54) is 0 Å². The molecule has 1 N–H and O–H groups in total. The molecule has 6 heteroatoms. The van der Waals surface area contributed by atoms with Crippen LogP contribution in [0.25, 0.3) is 5.69 Å². The molecular weight excluding hydrogens is 354 g/mol. The number of rotatable bonds is 6. The number of carbonyl (C=O) groups excluding carboxylic acids is 2. The minimum Gasteiger partial charge on any atom is -0.462 e. The summed E-state index contributed by atoms with van der Waals surface area (Å²) in [4.78, 5) is 24.6. The molecule has 0 unspecified atom stereocenters. The van der Waals surface area contributed by atoms with Gasteiger partial charge in [0.2, 0.25) is 0 Å². The number of carbonyl (C=O) groups is 2. The molecule has 3 aromatic rings. The third-order valence-corrected chi connectivity index (χ3v) is 4.18. The van der Waals surface area contributed by atoms with E-state index < -0.39 is 0 Å². The molecule has 144 valence electrons. The maximum atomic E-state index is 12.6. The summed E-state index contributed by atoms with van der Waals surface area (Å²) >= 11 is 0.